The molecule has 0 unspecified atom stereocenters. The third kappa shape index (κ3) is 3.49. The quantitative estimate of drug-likeness (QED) is 0.636. The Kier molecular flexibility index (Phi) is 4.73. The van der Waals surface area contributed by atoms with Crippen LogP contribution in [0.3, 0.4) is 0 Å². The Bertz CT molecular complexity index is 967. The average Bonchev–Trinajstić information content (AvgIpc) is 3.28. The Labute approximate surface area is 157 Å². The molecule has 1 aliphatic carbocycles. The van der Waals surface area contributed by atoms with Crippen LogP contribution in [-0.2, 0) is 19.3 Å². The highest BCUT2D eigenvalue weighted by Gasteiger charge is 2.12. The normalized spacial score (nSPS) is 12.6. The third-order valence-electron chi connectivity index (χ3n) is 4.83. The highest BCUT2D eigenvalue weighted by Crippen LogP contribution is 2.29. The van der Waals surface area contributed by atoms with Gasteiger partial charge in [-0.1, -0.05) is 18.2 Å². The van der Waals surface area contributed by atoms with Crippen molar-refractivity contribution in [1.29, 1.82) is 5.26 Å². The first kappa shape index (κ1) is 16.8. The van der Waals surface area contributed by atoms with E-state index in [4.69, 9.17) is 15.0 Å². The van der Waals surface area contributed by atoms with Crippen molar-refractivity contribution in [2.75, 3.05) is 6.61 Å². The summed E-state index contributed by atoms with van der Waals surface area (Å²) < 4.78 is 5.96. The van der Waals surface area contributed by atoms with Gasteiger partial charge in [0.2, 0.25) is 0 Å². The maximum absolute atomic E-state index is 8.91. The van der Waals surface area contributed by atoms with Crippen LogP contribution in [0.1, 0.15) is 33.7 Å². The zero-order valence-corrected chi connectivity index (χ0v) is 15.6. The fourth-order valence-electron chi connectivity index (χ4n) is 3.37. The number of benzene rings is 2. The van der Waals surface area contributed by atoms with Crippen LogP contribution < -0.4 is 4.74 Å². The molecule has 0 aliphatic heterocycles. The third-order valence-corrected chi connectivity index (χ3v) is 5.89. The topological polar surface area (TPSA) is 45.9 Å². The first-order valence-corrected chi connectivity index (χ1v) is 9.76. The summed E-state index contributed by atoms with van der Waals surface area (Å²) in [6, 6.07) is 16.2. The first-order valence-electron chi connectivity index (χ1n) is 8.94. The summed E-state index contributed by atoms with van der Waals surface area (Å²) in [5.74, 6) is 0.964. The van der Waals surface area contributed by atoms with E-state index in [-0.39, 0.29) is 0 Å². The lowest BCUT2D eigenvalue weighted by Gasteiger charge is -2.07. The molecule has 0 fully saturated rings. The Balaban J connectivity index is 1.41. The number of rotatable bonds is 5. The second-order valence-corrected chi connectivity index (χ2v) is 7.80. The van der Waals surface area contributed by atoms with Crippen molar-refractivity contribution in [3.05, 3.63) is 69.7 Å². The van der Waals surface area contributed by atoms with E-state index in [0.29, 0.717) is 12.2 Å². The lowest BCUT2D eigenvalue weighted by molar-refractivity contribution is 0.320. The number of hydrogen-bond donors (Lipinski definition) is 0. The van der Waals surface area contributed by atoms with Gasteiger partial charge in [-0.05, 0) is 61.6 Å². The van der Waals surface area contributed by atoms with E-state index in [1.54, 1.807) is 11.3 Å². The van der Waals surface area contributed by atoms with Crippen molar-refractivity contribution >= 4 is 11.3 Å². The molecule has 4 heteroatoms. The molecule has 26 heavy (non-hydrogen) atoms. The number of ether oxygens (including phenoxy) is 1. The molecule has 0 radical (unpaired) electrons. The zero-order valence-electron chi connectivity index (χ0n) is 14.8. The van der Waals surface area contributed by atoms with Crippen LogP contribution >= 0.6 is 11.3 Å². The van der Waals surface area contributed by atoms with Gasteiger partial charge >= 0.3 is 0 Å². The molecule has 1 heterocycles. The molecule has 3 aromatic rings. The smallest absolute Gasteiger partial charge is 0.123 e. The summed E-state index contributed by atoms with van der Waals surface area (Å²) in [5, 5.41) is 9.91. The average molecular weight is 360 g/mol. The van der Waals surface area contributed by atoms with E-state index in [1.165, 1.54) is 35.3 Å². The van der Waals surface area contributed by atoms with Crippen molar-refractivity contribution in [2.24, 2.45) is 0 Å². The molecule has 1 aromatic heterocycles. The SMILES string of the molecule is Cc1sc(-c2ccc(C#N)cc2)nc1CCOc1ccc2c(c1)CCC2. The maximum atomic E-state index is 8.91. The molecular weight excluding hydrogens is 340 g/mol. The minimum absolute atomic E-state index is 0.635. The van der Waals surface area contributed by atoms with E-state index < -0.39 is 0 Å². The van der Waals surface area contributed by atoms with Crippen molar-refractivity contribution in [1.82, 2.24) is 4.98 Å². The van der Waals surface area contributed by atoms with Crippen LogP contribution in [0, 0.1) is 18.3 Å². The van der Waals surface area contributed by atoms with E-state index in [0.717, 1.165) is 28.4 Å². The molecule has 1 aliphatic rings. The van der Waals surface area contributed by atoms with Crippen molar-refractivity contribution in [3.8, 4) is 22.4 Å². The lowest BCUT2D eigenvalue weighted by Crippen LogP contribution is -2.03. The van der Waals surface area contributed by atoms with Crippen molar-refractivity contribution in [3.63, 3.8) is 0 Å². The van der Waals surface area contributed by atoms with Gasteiger partial charge < -0.3 is 4.74 Å². The van der Waals surface area contributed by atoms with E-state index in [1.807, 2.05) is 24.3 Å². The van der Waals surface area contributed by atoms with Crippen LogP contribution in [0.25, 0.3) is 10.6 Å². The monoisotopic (exact) mass is 360 g/mol. The summed E-state index contributed by atoms with van der Waals surface area (Å²) >= 11 is 1.69. The molecule has 0 N–H and O–H groups in total. The van der Waals surface area contributed by atoms with Crippen LogP contribution in [0.15, 0.2) is 42.5 Å². The minimum Gasteiger partial charge on any atom is -0.493 e. The number of aromatic nitrogens is 1. The van der Waals surface area contributed by atoms with Crippen molar-refractivity contribution < 1.29 is 4.74 Å². The van der Waals surface area contributed by atoms with Gasteiger partial charge in [-0.2, -0.15) is 5.26 Å². The van der Waals surface area contributed by atoms with Crippen LogP contribution in [0.2, 0.25) is 0 Å². The predicted molar refractivity (Wildman–Crippen MR) is 105 cm³/mol. The number of nitrogens with zero attached hydrogens (tertiary/aromatic N) is 2. The number of nitriles is 1. The summed E-state index contributed by atoms with van der Waals surface area (Å²) in [6.07, 6.45) is 4.43. The second kappa shape index (κ2) is 7.31. The lowest BCUT2D eigenvalue weighted by atomic mass is 10.1. The highest BCUT2D eigenvalue weighted by molar-refractivity contribution is 7.15. The molecule has 0 amide bonds. The van der Waals surface area contributed by atoms with Crippen LogP contribution in [0.5, 0.6) is 5.75 Å². The molecule has 4 rings (SSSR count). The summed E-state index contributed by atoms with van der Waals surface area (Å²) in [7, 11) is 0. The molecule has 0 spiro atoms. The number of thiazole rings is 1. The Morgan fingerprint density at radius 3 is 2.73 bits per heavy atom. The zero-order chi connectivity index (χ0) is 17.9. The number of fused-ring (bicyclic) bond motifs is 1. The molecular formula is C22H20N2OS. The summed E-state index contributed by atoms with van der Waals surface area (Å²) in [6.45, 7) is 2.74. The molecule has 0 bridgehead atoms. The van der Waals surface area contributed by atoms with Gasteiger partial charge in [0.25, 0.3) is 0 Å². The summed E-state index contributed by atoms with van der Waals surface area (Å²) in [5.41, 5.74) is 5.73. The van der Waals surface area contributed by atoms with Crippen LogP contribution in [0.4, 0.5) is 0 Å². The highest BCUT2D eigenvalue weighted by atomic mass is 32.1. The molecule has 0 saturated heterocycles. The maximum Gasteiger partial charge on any atom is 0.123 e. The van der Waals surface area contributed by atoms with Gasteiger partial charge in [0.05, 0.1) is 23.9 Å². The van der Waals surface area contributed by atoms with Gasteiger partial charge in [0.15, 0.2) is 0 Å². The minimum atomic E-state index is 0.635. The molecule has 0 saturated carbocycles. The van der Waals surface area contributed by atoms with Gasteiger partial charge in [0, 0.05) is 16.9 Å². The number of aryl methyl sites for hydroxylation is 3. The second-order valence-electron chi connectivity index (χ2n) is 6.59. The standard InChI is InChI=1S/C22H20N2OS/c1-15-21(24-22(26-15)18-7-5-16(14-23)6-8-18)11-12-25-20-10-9-17-3-2-4-19(17)13-20/h5-10,13H,2-4,11-12H2,1H3. The van der Waals surface area contributed by atoms with E-state index in [9.17, 15) is 0 Å². The van der Waals surface area contributed by atoms with E-state index in [2.05, 4.69) is 31.2 Å². The predicted octanol–water partition coefficient (Wildman–Crippen LogP) is 5.10. The Morgan fingerprint density at radius 1 is 1.12 bits per heavy atom. The van der Waals surface area contributed by atoms with Gasteiger partial charge in [-0.3, -0.25) is 0 Å². The Morgan fingerprint density at radius 2 is 1.92 bits per heavy atom. The van der Waals surface area contributed by atoms with Crippen LogP contribution in [-0.4, -0.2) is 11.6 Å². The Hall–Kier alpha value is -2.64. The molecule has 130 valence electrons. The largest absolute Gasteiger partial charge is 0.493 e. The van der Waals surface area contributed by atoms with E-state index >= 15 is 0 Å². The van der Waals surface area contributed by atoms with Gasteiger partial charge in [0.1, 0.15) is 10.8 Å². The fraction of sp³-hybridized carbons (Fsp3) is 0.273. The summed E-state index contributed by atoms with van der Waals surface area (Å²) in [4.78, 5) is 6.00. The molecule has 0 atom stereocenters. The van der Waals surface area contributed by atoms with Gasteiger partial charge in [-0.15, -0.1) is 11.3 Å². The van der Waals surface area contributed by atoms with Gasteiger partial charge in [-0.25, -0.2) is 4.98 Å². The first-order chi connectivity index (χ1) is 12.7. The molecule has 2 aromatic carbocycles. The number of hydrogen-bond acceptors (Lipinski definition) is 4. The molecule has 3 nitrogen and oxygen atoms in total. The fourth-order valence-corrected chi connectivity index (χ4v) is 4.34. The van der Waals surface area contributed by atoms with Crippen molar-refractivity contribution in [2.45, 2.75) is 32.6 Å².